The minimum absolute atomic E-state index is 0.566. The highest BCUT2D eigenvalue weighted by Crippen LogP contribution is 2.36. The second-order valence-corrected chi connectivity index (χ2v) is 7.34. The summed E-state index contributed by atoms with van der Waals surface area (Å²) in [6, 6.07) is 12.9. The molecule has 1 aliphatic carbocycles. The van der Waals surface area contributed by atoms with Crippen molar-refractivity contribution in [2.24, 2.45) is 0 Å². The highest BCUT2D eigenvalue weighted by atomic mass is 35.5. The lowest BCUT2D eigenvalue weighted by molar-refractivity contribution is 0.304. The van der Waals surface area contributed by atoms with Gasteiger partial charge in [0.25, 0.3) is 0 Å². The summed E-state index contributed by atoms with van der Waals surface area (Å²) < 4.78 is 6.00. The van der Waals surface area contributed by atoms with Crippen LogP contribution in [0.3, 0.4) is 0 Å². The summed E-state index contributed by atoms with van der Waals surface area (Å²) in [5.74, 6) is 1.60. The quantitative estimate of drug-likeness (QED) is 0.578. The molecular formula is C22H27ClO. The van der Waals surface area contributed by atoms with E-state index in [1.807, 2.05) is 0 Å². The first kappa shape index (κ1) is 17.4. The van der Waals surface area contributed by atoms with E-state index in [0.29, 0.717) is 12.5 Å². The third-order valence-electron chi connectivity index (χ3n) is 5.15. The van der Waals surface area contributed by atoms with E-state index in [1.165, 1.54) is 48.8 Å². The molecule has 0 radical (unpaired) electrons. The molecular weight excluding hydrogens is 316 g/mol. The summed E-state index contributed by atoms with van der Waals surface area (Å²) in [7, 11) is 0. The van der Waals surface area contributed by atoms with Crippen molar-refractivity contribution in [3.05, 3.63) is 63.7 Å². The summed E-state index contributed by atoms with van der Waals surface area (Å²) in [4.78, 5) is 0. The van der Waals surface area contributed by atoms with Gasteiger partial charge in [0.05, 0.1) is 0 Å². The summed E-state index contributed by atoms with van der Waals surface area (Å²) >= 11 is 6.56. The van der Waals surface area contributed by atoms with E-state index in [9.17, 15) is 0 Å². The van der Waals surface area contributed by atoms with Gasteiger partial charge in [-0.15, -0.1) is 0 Å². The molecule has 0 amide bonds. The molecule has 0 bridgehead atoms. The Bertz CT molecular complexity index is 686. The standard InChI is InChI=1S/C22H27ClO/c1-3-17-10-12-22(16(2)13-17)24-15-18-9-11-20(21(23)14-18)19-7-5-4-6-8-19/h9-14,19H,3-8,15H2,1-2H3. The molecule has 0 saturated heterocycles. The number of halogens is 1. The molecule has 2 heteroatoms. The Labute approximate surface area is 151 Å². The minimum atomic E-state index is 0.566. The van der Waals surface area contributed by atoms with Gasteiger partial charge in [0, 0.05) is 5.02 Å². The lowest BCUT2D eigenvalue weighted by atomic mass is 9.84. The molecule has 0 aromatic heterocycles. The van der Waals surface area contributed by atoms with Crippen LogP contribution >= 0.6 is 11.6 Å². The van der Waals surface area contributed by atoms with Crippen molar-refractivity contribution in [1.29, 1.82) is 0 Å². The average Bonchev–Trinajstić information content (AvgIpc) is 2.61. The molecule has 0 atom stereocenters. The van der Waals surface area contributed by atoms with Crippen LogP contribution in [0.1, 0.15) is 67.2 Å². The molecule has 0 spiro atoms. The third-order valence-corrected chi connectivity index (χ3v) is 5.48. The number of aryl methyl sites for hydroxylation is 2. The van der Waals surface area contributed by atoms with Crippen molar-refractivity contribution in [1.82, 2.24) is 0 Å². The fourth-order valence-electron chi connectivity index (χ4n) is 3.66. The molecule has 1 aliphatic rings. The van der Waals surface area contributed by atoms with Gasteiger partial charge in [-0.3, -0.25) is 0 Å². The predicted octanol–water partition coefficient (Wildman–Crippen LogP) is 6.84. The molecule has 0 heterocycles. The van der Waals surface area contributed by atoms with Crippen molar-refractivity contribution in [2.75, 3.05) is 0 Å². The minimum Gasteiger partial charge on any atom is -0.489 e. The second-order valence-electron chi connectivity index (χ2n) is 6.93. The van der Waals surface area contributed by atoms with Crippen molar-refractivity contribution >= 4 is 11.6 Å². The van der Waals surface area contributed by atoms with Crippen LogP contribution in [0.5, 0.6) is 5.75 Å². The predicted molar refractivity (Wildman–Crippen MR) is 102 cm³/mol. The highest BCUT2D eigenvalue weighted by molar-refractivity contribution is 6.31. The first-order valence-electron chi connectivity index (χ1n) is 9.18. The molecule has 0 N–H and O–H groups in total. The number of rotatable bonds is 5. The molecule has 2 aromatic carbocycles. The van der Waals surface area contributed by atoms with Crippen molar-refractivity contribution in [3.8, 4) is 5.75 Å². The zero-order valence-corrected chi connectivity index (χ0v) is 15.5. The van der Waals surface area contributed by atoms with Gasteiger partial charge in [-0.2, -0.15) is 0 Å². The fourth-order valence-corrected chi connectivity index (χ4v) is 4.02. The maximum absolute atomic E-state index is 6.56. The Hall–Kier alpha value is -1.47. The van der Waals surface area contributed by atoms with Crippen molar-refractivity contribution in [2.45, 2.75) is 64.9 Å². The van der Waals surface area contributed by atoms with Crippen LogP contribution in [-0.2, 0) is 13.0 Å². The summed E-state index contributed by atoms with van der Waals surface area (Å²) in [6.45, 7) is 4.84. The van der Waals surface area contributed by atoms with Gasteiger partial charge in [-0.1, -0.05) is 62.1 Å². The van der Waals surface area contributed by atoms with Crippen molar-refractivity contribution < 1.29 is 4.74 Å². The van der Waals surface area contributed by atoms with E-state index in [1.54, 1.807) is 0 Å². The molecule has 0 unspecified atom stereocenters. The molecule has 24 heavy (non-hydrogen) atoms. The molecule has 3 rings (SSSR count). The topological polar surface area (TPSA) is 9.23 Å². The Morgan fingerprint density at radius 3 is 2.42 bits per heavy atom. The van der Waals surface area contributed by atoms with E-state index in [4.69, 9.17) is 16.3 Å². The normalized spacial score (nSPS) is 15.5. The van der Waals surface area contributed by atoms with Crippen LogP contribution in [0.4, 0.5) is 0 Å². The lowest BCUT2D eigenvalue weighted by Gasteiger charge is -2.23. The largest absolute Gasteiger partial charge is 0.489 e. The van der Waals surface area contributed by atoms with Gasteiger partial charge in [-0.05, 0) is 66.5 Å². The van der Waals surface area contributed by atoms with E-state index >= 15 is 0 Å². The summed E-state index contributed by atoms with van der Waals surface area (Å²) in [5.41, 5.74) is 5.00. The molecule has 1 nitrogen and oxygen atoms in total. The number of hydrogen-bond donors (Lipinski definition) is 0. The van der Waals surface area contributed by atoms with E-state index in [-0.39, 0.29) is 0 Å². The van der Waals surface area contributed by atoms with Crippen LogP contribution in [0.15, 0.2) is 36.4 Å². The monoisotopic (exact) mass is 342 g/mol. The number of ether oxygens (including phenoxy) is 1. The van der Waals surface area contributed by atoms with Gasteiger partial charge >= 0.3 is 0 Å². The molecule has 128 valence electrons. The fraction of sp³-hybridized carbons (Fsp3) is 0.455. The first-order valence-corrected chi connectivity index (χ1v) is 9.56. The summed E-state index contributed by atoms with van der Waals surface area (Å²) in [6.07, 6.45) is 7.64. The second kappa shape index (κ2) is 8.07. The van der Waals surface area contributed by atoms with Crippen molar-refractivity contribution in [3.63, 3.8) is 0 Å². The summed E-state index contributed by atoms with van der Waals surface area (Å²) in [5, 5.41) is 0.904. The van der Waals surface area contributed by atoms with Crippen LogP contribution in [0.25, 0.3) is 0 Å². The number of benzene rings is 2. The maximum Gasteiger partial charge on any atom is 0.122 e. The van der Waals surface area contributed by atoms with Crippen LogP contribution in [0, 0.1) is 6.92 Å². The van der Waals surface area contributed by atoms with Gasteiger partial charge in [0.1, 0.15) is 12.4 Å². The third kappa shape index (κ3) is 4.13. The molecule has 1 saturated carbocycles. The zero-order chi connectivity index (χ0) is 16.9. The highest BCUT2D eigenvalue weighted by Gasteiger charge is 2.18. The van der Waals surface area contributed by atoms with Gasteiger partial charge in [-0.25, -0.2) is 0 Å². The number of hydrogen-bond acceptors (Lipinski definition) is 1. The van der Waals surface area contributed by atoms with Crippen LogP contribution < -0.4 is 4.74 Å². The zero-order valence-electron chi connectivity index (χ0n) is 14.8. The first-order chi connectivity index (χ1) is 11.7. The van der Waals surface area contributed by atoms with E-state index < -0.39 is 0 Å². The lowest BCUT2D eigenvalue weighted by Crippen LogP contribution is -2.06. The molecule has 1 fully saturated rings. The Morgan fingerprint density at radius 1 is 1.00 bits per heavy atom. The maximum atomic E-state index is 6.56. The Kier molecular flexibility index (Phi) is 5.84. The molecule has 2 aromatic rings. The average molecular weight is 343 g/mol. The molecule has 0 aliphatic heterocycles. The van der Waals surface area contributed by atoms with Crippen LogP contribution in [-0.4, -0.2) is 0 Å². The van der Waals surface area contributed by atoms with E-state index in [2.05, 4.69) is 50.2 Å². The SMILES string of the molecule is CCc1ccc(OCc2ccc(C3CCCCC3)c(Cl)c2)c(C)c1. The van der Waals surface area contributed by atoms with Crippen LogP contribution in [0.2, 0.25) is 5.02 Å². The smallest absolute Gasteiger partial charge is 0.122 e. The Balaban J connectivity index is 1.66. The van der Waals surface area contributed by atoms with Gasteiger partial charge < -0.3 is 4.74 Å². The van der Waals surface area contributed by atoms with Gasteiger partial charge in [0.15, 0.2) is 0 Å². The van der Waals surface area contributed by atoms with Gasteiger partial charge in [0.2, 0.25) is 0 Å². The van der Waals surface area contributed by atoms with E-state index in [0.717, 1.165) is 22.8 Å². The Morgan fingerprint density at radius 2 is 1.75 bits per heavy atom.